The predicted octanol–water partition coefficient (Wildman–Crippen LogP) is 8.22. The highest BCUT2D eigenvalue weighted by Gasteiger charge is 2.57. The Morgan fingerprint density at radius 3 is 0.901 bits per heavy atom. The summed E-state index contributed by atoms with van der Waals surface area (Å²) in [5.74, 6) is -54.1. The van der Waals surface area contributed by atoms with E-state index in [0.29, 0.717) is 127 Å². The third-order valence-electron chi connectivity index (χ3n) is 23.2. The number of fused-ring (bicyclic) bond motifs is 1. The molecule has 25 N–H and O–H groups in total. The molecule has 8 atom stereocenters. The van der Waals surface area contributed by atoms with Gasteiger partial charge >= 0.3 is 59.7 Å². The summed E-state index contributed by atoms with van der Waals surface area (Å²) in [6.07, 6.45) is -6.83. The Labute approximate surface area is 792 Å². The lowest BCUT2D eigenvalue weighted by atomic mass is 9.52. The van der Waals surface area contributed by atoms with E-state index in [1.54, 1.807) is 18.2 Å². The van der Waals surface area contributed by atoms with Crippen molar-refractivity contribution >= 4 is 59.7 Å². The lowest BCUT2D eigenvalue weighted by molar-refractivity contribution is -0.282. The molecule has 4 aliphatic rings. The molecular weight excluding hydrogens is 1890 g/mol. The summed E-state index contributed by atoms with van der Waals surface area (Å²) < 4.78 is 65.9. The van der Waals surface area contributed by atoms with E-state index in [-0.39, 0.29) is 0 Å². The van der Waals surface area contributed by atoms with Crippen LogP contribution in [0.25, 0.3) is 0 Å². The van der Waals surface area contributed by atoms with E-state index >= 15 is 14.4 Å². The van der Waals surface area contributed by atoms with E-state index in [0.717, 1.165) is 17.7 Å². The second-order valence-electron chi connectivity index (χ2n) is 32.2. The summed E-state index contributed by atoms with van der Waals surface area (Å²) in [6.45, 7) is -0.446. The average Bonchev–Trinajstić information content (AvgIpc) is 0.713. The molecular formula is C94H77NO47. The maximum Gasteiger partial charge on any atom is 0.343 e. The molecule has 740 valence electrons. The second kappa shape index (κ2) is 39.3. The number of piperidine rings is 1. The van der Waals surface area contributed by atoms with Gasteiger partial charge in [-0.3, -0.25) is 0 Å². The number of rotatable bonds is 22. The molecule has 2 bridgehead atoms. The van der Waals surface area contributed by atoms with Crippen LogP contribution in [0, 0.1) is 5.92 Å². The molecule has 0 spiro atoms. The molecule has 2 heterocycles. The van der Waals surface area contributed by atoms with E-state index in [4.69, 9.17) is 56.8 Å². The minimum atomic E-state index is -3.12. The van der Waals surface area contributed by atoms with Gasteiger partial charge in [0.2, 0.25) is 41.1 Å². The van der Waals surface area contributed by atoms with Gasteiger partial charge in [-0.25, -0.2) is 47.9 Å². The Morgan fingerprint density at radius 1 is 0.317 bits per heavy atom. The van der Waals surface area contributed by atoms with Crippen molar-refractivity contribution in [3.63, 3.8) is 0 Å². The van der Waals surface area contributed by atoms with Crippen LogP contribution in [0.15, 0.2) is 140 Å². The quantitative estimate of drug-likeness (QED) is 0.0131. The first kappa shape index (κ1) is 98.8. The normalized spacial score (nSPS) is 17.7. The zero-order valence-corrected chi connectivity index (χ0v) is 72.6. The van der Waals surface area contributed by atoms with Crippen molar-refractivity contribution in [2.75, 3.05) is 27.3 Å². The molecule has 11 aromatic carbocycles. The Hall–Kier alpha value is -19.2. The molecule has 0 unspecified atom stereocenters. The monoisotopic (exact) mass is 1970 g/mol. The summed E-state index contributed by atoms with van der Waals surface area (Å²) in [6, 6.07) is 16.2. The highest BCUT2D eigenvalue weighted by atomic mass is 16.8. The molecule has 15 rings (SSSR count). The number of hydrogen-bond donors (Lipinski definition) is 25. The number of likely N-dealkylation sites (tertiary alicyclic amines) is 1. The fourth-order valence-electron chi connectivity index (χ4n) is 16.1. The van der Waals surface area contributed by atoms with Crippen molar-refractivity contribution < 1.29 is 232 Å². The molecule has 0 radical (unpaired) electrons. The first-order chi connectivity index (χ1) is 67.1. The van der Waals surface area contributed by atoms with E-state index in [1.165, 1.54) is 45.1 Å². The second-order valence-corrected chi connectivity index (χ2v) is 32.2. The van der Waals surface area contributed by atoms with Gasteiger partial charge in [-0.1, -0.05) is 18.9 Å². The number of hydrogen-bond acceptors (Lipinski definition) is 48. The third-order valence-corrected chi connectivity index (χ3v) is 23.2. The zero-order chi connectivity index (χ0) is 103. The van der Waals surface area contributed by atoms with Gasteiger partial charge in [0.15, 0.2) is 156 Å². The summed E-state index contributed by atoms with van der Waals surface area (Å²) >= 11 is 0. The lowest BCUT2D eigenvalue weighted by Gasteiger charge is -2.58. The summed E-state index contributed by atoms with van der Waals surface area (Å²) in [7, 11) is 4.12. The minimum Gasteiger partial charge on any atom is -0.504 e. The van der Waals surface area contributed by atoms with Gasteiger partial charge in [-0.05, 0) is 190 Å². The standard InChI is InChI=1S/C76H52O46.C18H25NO/c77-32-1-22(2-33(78)53(32)92)67(103)113-47-16-27(11-42(87)58(47)97)66(102)112-21-52-63(119-72(108)28-12-43(88)59(98)48(17-28)114-68(104)23-3-34(79)54(93)35(80)4-23)64(120-73(109)29-13-44(89)60(99)49(18-29)115-69(105)24-5-36(81)55(94)37(82)6-24)65(121-74(110)30-14-45(90)61(100)50(19-30)116-70(106)25-7-38(83)56(95)39(84)8-25)76(118-52)122-75(111)31-15-46(91)62(101)51(20-31)117-71(107)26-9-40(85)57(96)41(86)10-26;1-19-10-9-18-8-4-3-5-15(18)17(19)11-13-6-7-14(20-2)12-16(13)18/h1-20,52,63-65,76-101H,21H2;6-7,12,15,17H,3-5,8-11H2,1-2H3/t52-,63-,64+,65-,76+;15-,17+,18+/m11/s1. The molecule has 142 heavy (non-hydrogen) atoms. The molecule has 0 aromatic heterocycles. The van der Waals surface area contributed by atoms with Crippen LogP contribution in [-0.2, 0) is 40.3 Å². The molecule has 2 saturated heterocycles. The SMILES string of the molecule is COc1ccc2c(c1)[C@]13CCCC[C@@H]1[C@H](C2)N(C)CC3.O=C(OC[C@H]1O[C@@H](OC(=O)c2cc(O)c(O)c(OC(=O)c3cc(O)c(O)c(O)c3)c2)[C@H](OC(=O)c2cc(O)c(O)c(OC(=O)c3cc(O)c(O)c(O)c3)c2)[C@@H](OC(=O)c2cc(O)c(O)c(OC(=O)c3cc(O)c(O)c(O)c3)c2)[C@@H]1OC(=O)c1cc(O)c(O)c(OC(=O)c2cc(O)c(O)c(O)c2)c1)c1cc(O)c(O)c(OC(=O)c2cc(O)c(O)c(O)c2)c1. The van der Waals surface area contributed by atoms with Gasteiger partial charge in [-0.15, -0.1) is 0 Å². The van der Waals surface area contributed by atoms with Crippen LogP contribution in [0.1, 0.15) is 147 Å². The molecule has 3 fully saturated rings. The number of carbonyl (C=O) groups is 10. The smallest absolute Gasteiger partial charge is 0.343 e. The minimum absolute atomic E-state index is 0.295. The van der Waals surface area contributed by atoms with Crippen molar-refractivity contribution in [3.05, 3.63) is 206 Å². The fourth-order valence-corrected chi connectivity index (χ4v) is 16.1. The number of phenolic OH excluding ortho intramolecular Hbond substituents is 25. The van der Waals surface area contributed by atoms with Crippen molar-refractivity contribution in [1.29, 1.82) is 0 Å². The van der Waals surface area contributed by atoms with Gasteiger partial charge < -0.3 is 189 Å². The van der Waals surface area contributed by atoms with Crippen molar-refractivity contribution in [2.45, 2.75) is 80.7 Å². The van der Waals surface area contributed by atoms with E-state index in [2.05, 4.69) is 30.1 Å². The van der Waals surface area contributed by atoms with Gasteiger partial charge in [-0.2, -0.15) is 0 Å². The van der Waals surface area contributed by atoms with E-state index in [9.17, 15) is 161 Å². The fraction of sp³-hybridized carbons (Fsp3) is 0.191. The van der Waals surface area contributed by atoms with Crippen LogP contribution in [0.5, 0.6) is 178 Å². The Balaban J connectivity index is 0.000000701. The van der Waals surface area contributed by atoms with Crippen molar-refractivity contribution in [2.24, 2.45) is 5.92 Å². The average molecular weight is 1970 g/mol. The highest BCUT2D eigenvalue weighted by Crippen LogP contribution is 2.57. The Bertz CT molecular complexity index is 6930. The first-order valence-corrected chi connectivity index (χ1v) is 41.3. The van der Waals surface area contributed by atoms with Gasteiger partial charge in [0.05, 0.1) is 62.7 Å². The van der Waals surface area contributed by atoms with Crippen LogP contribution in [0.3, 0.4) is 0 Å². The number of carbonyl (C=O) groups excluding carboxylic acids is 10. The molecule has 2 aliphatic carbocycles. The van der Waals surface area contributed by atoms with E-state index in [1.807, 2.05) is 0 Å². The van der Waals surface area contributed by atoms with Crippen molar-refractivity contribution in [3.8, 4) is 178 Å². The maximum absolute atomic E-state index is 15.3. The van der Waals surface area contributed by atoms with Crippen LogP contribution < -0.4 is 28.4 Å². The van der Waals surface area contributed by atoms with Crippen LogP contribution >= 0.6 is 0 Å². The Kier molecular flexibility index (Phi) is 27.3. The summed E-state index contributed by atoms with van der Waals surface area (Å²) in [4.78, 5) is 145. The molecule has 48 heteroatoms. The van der Waals surface area contributed by atoms with Gasteiger partial charge in [0, 0.05) is 11.5 Å². The maximum atomic E-state index is 15.3. The number of benzene rings is 11. The molecule has 2 aliphatic heterocycles. The van der Waals surface area contributed by atoms with E-state index < -0.39 is 325 Å². The number of nitrogens with zero attached hydrogens (tertiary/aromatic N) is 1. The Morgan fingerprint density at radius 2 is 0.592 bits per heavy atom. The number of phenols is 25. The molecule has 0 amide bonds. The number of esters is 10. The molecule has 1 saturated carbocycles. The van der Waals surface area contributed by atoms with Crippen molar-refractivity contribution in [1.82, 2.24) is 4.90 Å². The molecule has 11 aromatic rings. The van der Waals surface area contributed by atoms with Gasteiger partial charge in [0.1, 0.15) is 18.5 Å². The summed E-state index contributed by atoms with van der Waals surface area (Å²) in [5, 5.41) is 261. The van der Waals surface area contributed by atoms with Gasteiger partial charge in [0.25, 0.3) is 0 Å². The molecule has 48 nitrogen and oxygen atoms in total. The van der Waals surface area contributed by atoms with Crippen LogP contribution in [0.2, 0.25) is 0 Å². The number of methoxy groups -OCH3 is 1. The lowest BCUT2D eigenvalue weighted by Crippen LogP contribution is -2.63. The predicted molar refractivity (Wildman–Crippen MR) is 464 cm³/mol. The zero-order valence-electron chi connectivity index (χ0n) is 72.6. The largest absolute Gasteiger partial charge is 0.504 e. The van der Waals surface area contributed by atoms with Crippen LogP contribution in [0.4, 0.5) is 0 Å². The number of likely N-dealkylation sites (N-methyl/N-ethyl adjacent to an activating group) is 1. The number of aromatic hydroxyl groups is 25. The number of ether oxygens (including phenoxy) is 12. The van der Waals surface area contributed by atoms with Crippen LogP contribution in [-0.4, -0.2) is 256 Å². The first-order valence-electron chi connectivity index (χ1n) is 41.3. The highest BCUT2D eigenvalue weighted by molar-refractivity contribution is 6.00. The summed E-state index contributed by atoms with van der Waals surface area (Å²) in [5.41, 5.74) is -6.22. The topological polar surface area (TPSA) is 790 Å². The third kappa shape index (κ3) is 20.0.